The van der Waals surface area contributed by atoms with Gasteiger partial charge in [0, 0.05) is 28.3 Å². The number of anilines is 1. The molecule has 1 amide bonds. The Morgan fingerprint density at radius 3 is 2.55 bits per heavy atom. The number of carbonyl (C=O) groups is 1. The second kappa shape index (κ2) is 7.45. The van der Waals surface area contributed by atoms with Gasteiger partial charge in [-0.05, 0) is 36.8 Å². The van der Waals surface area contributed by atoms with Gasteiger partial charge in [-0.1, -0.05) is 28.1 Å². The first-order valence-electron chi connectivity index (χ1n) is 6.22. The highest BCUT2D eigenvalue weighted by Gasteiger charge is 2.13. The van der Waals surface area contributed by atoms with Crippen molar-refractivity contribution in [3.8, 4) is 0 Å². The largest absolute Gasteiger partial charge is 0.325 e. The van der Waals surface area contributed by atoms with E-state index < -0.39 is 0 Å². The van der Waals surface area contributed by atoms with E-state index in [1.165, 1.54) is 5.56 Å². The smallest absolute Gasteiger partial charge is 0.237 e. The van der Waals surface area contributed by atoms with E-state index in [9.17, 15) is 4.79 Å². The van der Waals surface area contributed by atoms with Gasteiger partial charge in [0.15, 0.2) is 0 Å². The van der Waals surface area contributed by atoms with Crippen molar-refractivity contribution in [3.05, 3.63) is 58.8 Å². The molecule has 0 aliphatic carbocycles. The molecule has 1 atom stereocenters. The minimum Gasteiger partial charge on any atom is -0.325 e. The van der Waals surface area contributed by atoms with E-state index in [0.29, 0.717) is 0 Å². The number of nitrogens with zero attached hydrogens (tertiary/aromatic N) is 1. The van der Waals surface area contributed by atoms with Gasteiger partial charge in [-0.3, -0.25) is 9.78 Å². The first kappa shape index (κ1) is 15.1. The summed E-state index contributed by atoms with van der Waals surface area (Å²) in [5.74, 6) is 0.830. The lowest BCUT2D eigenvalue weighted by molar-refractivity contribution is -0.115. The summed E-state index contributed by atoms with van der Waals surface area (Å²) in [7, 11) is 0. The number of hydrogen-bond acceptors (Lipinski definition) is 3. The fraction of sp³-hybridized carbons (Fsp3) is 0.200. The summed E-state index contributed by atoms with van der Waals surface area (Å²) in [5.41, 5.74) is 1.99. The molecule has 104 valence electrons. The standard InChI is InChI=1S/C15H15BrN2OS/c1-11(15(19)18-14-6-8-17-9-7-14)20-10-12-2-4-13(16)5-3-12/h2-9,11H,10H2,1H3,(H,17,18,19)/t11-/m1/s1. The zero-order valence-electron chi connectivity index (χ0n) is 11.0. The van der Waals surface area contributed by atoms with Gasteiger partial charge in [-0.25, -0.2) is 0 Å². The molecule has 0 saturated carbocycles. The van der Waals surface area contributed by atoms with Crippen molar-refractivity contribution in [2.24, 2.45) is 0 Å². The Hall–Kier alpha value is -1.33. The molecule has 5 heteroatoms. The topological polar surface area (TPSA) is 42.0 Å². The molecule has 3 nitrogen and oxygen atoms in total. The van der Waals surface area contributed by atoms with Gasteiger partial charge >= 0.3 is 0 Å². The van der Waals surface area contributed by atoms with E-state index in [1.807, 2.05) is 19.1 Å². The Morgan fingerprint density at radius 2 is 1.90 bits per heavy atom. The molecule has 0 aliphatic heterocycles. The number of benzene rings is 1. The molecule has 1 aromatic heterocycles. The predicted molar refractivity (Wildman–Crippen MR) is 87.8 cm³/mol. The zero-order valence-corrected chi connectivity index (χ0v) is 13.4. The lowest BCUT2D eigenvalue weighted by Crippen LogP contribution is -2.22. The summed E-state index contributed by atoms with van der Waals surface area (Å²) < 4.78 is 1.06. The van der Waals surface area contributed by atoms with Crippen LogP contribution >= 0.6 is 27.7 Å². The second-order valence-corrected chi connectivity index (χ2v) is 6.55. The van der Waals surface area contributed by atoms with Crippen LogP contribution in [0.4, 0.5) is 5.69 Å². The number of aromatic nitrogens is 1. The minimum atomic E-state index is -0.105. The molecule has 1 N–H and O–H groups in total. The molecular formula is C15H15BrN2OS. The van der Waals surface area contributed by atoms with E-state index in [0.717, 1.165) is 15.9 Å². The van der Waals surface area contributed by atoms with Gasteiger partial charge in [0.2, 0.25) is 5.91 Å². The maximum Gasteiger partial charge on any atom is 0.237 e. The minimum absolute atomic E-state index is 0.0123. The molecule has 20 heavy (non-hydrogen) atoms. The number of halogens is 1. The van der Waals surface area contributed by atoms with Crippen molar-refractivity contribution in [1.29, 1.82) is 0 Å². The monoisotopic (exact) mass is 350 g/mol. The van der Waals surface area contributed by atoms with Crippen LogP contribution < -0.4 is 5.32 Å². The van der Waals surface area contributed by atoms with Crippen molar-refractivity contribution >= 4 is 39.3 Å². The number of rotatable bonds is 5. The zero-order chi connectivity index (χ0) is 14.4. The van der Waals surface area contributed by atoms with E-state index in [4.69, 9.17) is 0 Å². The number of hydrogen-bond donors (Lipinski definition) is 1. The number of nitrogens with one attached hydrogen (secondary N) is 1. The Bertz CT molecular complexity index is 560. The van der Waals surface area contributed by atoms with Crippen LogP contribution in [0.3, 0.4) is 0 Å². The van der Waals surface area contributed by atoms with Crippen LogP contribution in [0.25, 0.3) is 0 Å². The average Bonchev–Trinajstić information content (AvgIpc) is 2.47. The number of amides is 1. The number of thioether (sulfide) groups is 1. The van der Waals surface area contributed by atoms with Crippen molar-refractivity contribution in [2.45, 2.75) is 17.9 Å². The molecule has 1 heterocycles. The van der Waals surface area contributed by atoms with Crippen molar-refractivity contribution < 1.29 is 4.79 Å². The highest BCUT2D eigenvalue weighted by molar-refractivity contribution is 9.10. The fourth-order valence-electron chi connectivity index (χ4n) is 1.56. The first-order chi connectivity index (χ1) is 9.65. The van der Waals surface area contributed by atoms with Crippen LogP contribution in [0.1, 0.15) is 12.5 Å². The van der Waals surface area contributed by atoms with Gasteiger partial charge in [-0.2, -0.15) is 0 Å². The molecule has 2 rings (SSSR count). The summed E-state index contributed by atoms with van der Waals surface area (Å²) in [4.78, 5) is 15.9. The van der Waals surface area contributed by atoms with Crippen LogP contribution in [-0.2, 0) is 10.5 Å². The summed E-state index contributed by atoms with van der Waals surface area (Å²) in [6, 6.07) is 11.7. The normalized spacial score (nSPS) is 11.9. The van der Waals surface area contributed by atoms with E-state index in [2.05, 4.69) is 38.4 Å². The molecule has 0 spiro atoms. The maximum atomic E-state index is 12.0. The van der Waals surface area contributed by atoms with Crippen LogP contribution in [0.5, 0.6) is 0 Å². The molecular weight excluding hydrogens is 336 g/mol. The van der Waals surface area contributed by atoms with Crippen molar-refractivity contribution in [3.63, 3.8) is 0 Å². The third-order valence-corrected chi connectivity index (χ3v) is 4.47. The highest BCUT2D eigenvalue weighted by atomic mass is 79.9. The van der Waals surface area contributed by atoms with Crippen LogP contribution in [0, 0.1) is 0 Å². The summed E-state index contributed by atoms with van der Waals surface area (Å²) >= 11 is 5.03. The quantitative estimate of drug-likeness (QED) is 0.882. The molecule has 0 bridgehead atoms. The Balaban J connectivity index is 1.83. The van der Waals surface area contributed by atoms with Gasteiger partial charge < -0.3 is 5.32 Å². The van der Waals surface area contributed by atoms with Gasteiger partial charge in [-0.15, -0.1) is 11.8 Å². The van der Waals surface area contributed by atoms with E-state index in [-0.39, 0.29) is 11.2 Å². The SMILES string of the molecule is C[C@@H](SCc1ccc(Br)cc1)C(=O)Nc1ccncc1. The lowest BCUT2D eigenvalue weighted by atomic mass is 10.2. The summed E-state index contributed by atoms with van der Waals surface area (Å²) in [5, 5.41) is 2.77. The van der Waals surface area contributed by atoms with E-state index >= 15 is 0 Å². The lowest BCUT2D eigenvalue weighted by Gasteiger charge is -2.12. The van der Waals surface area contributed by atoms with Crippen LogP contribution in [0.2, 0.25) is 0 Å². The van der Waals surface area contributed by atoms with Crippen molar-refractivity contribution in [2.75, 3.05) is 5.32 Å². The van der Waals surface area contributed by atoms with Gasteiger partial charge in [0.05, 0.1) is 5.25 Å². The highest BCUT2D eigenvalue weighted by Crippen LogP contribution is 2.20. The molecule has 1 aromatic carbocycles. The van der Waals surface area contributed by atoms with Gasteiger partial charge in [0.25, 0.3) is 0 Å². The Labute approximate surface area is 131 Å². The number of pyridine rings is 1. The molecule has 0 unspecified atom stereocenters. The maximum absolute atomic E-state index is 12.0. The van der Waals surface area contributed by atoms with Crippen LogP contribution in [0.15, 0.2) is 53.3 Å². The predicted octanol–water partition coefficient (Wildman–Crippen LogP) is 4.10. The van der Waals surface area contributed by atoms with Crippen molar-refractivity contribution in [1.82, 2.24) is 4.98 Å². The number of carbonyl (C=O) groups excluding carboxylic acids is 1. The van der Waals surface area contributed by atoms with E-state index in [1.54, 1.807) is 36.3 Å². The molecule has 2 aromatic rings. The first-order valence-corrected chi connectivity index (χ1v) is 8.06. The molecule has 0 radical (unpaired) electrons. The average molecular weight is 351 g/mol. The van der Waals surface area contributed by atoms with Gasteiger partial charge in [0.1, 0.15) is 0 Å². The second-order valence-electron chi connectivity index (χ2n) is 4.30. The Morgan fingerprint density at radius 1 is 1.25 bits per heavy atom. The molecule has 0 aliphatic rings. The third kappa shape index (κ3) is 4.65. The third-order valence-electron chi connectivity index (χ3n) is 2.73. The van der Waals surface area contributed by atoms with Crippen LogP contribution in [-0.4, -0.2) is 16.1 Å². The summed E-state index contributed by atoms with van der Waals surface area (Å²) in [6.45, 7) is 1.92. The molecule has 0 saturated heterocycles. The fourth-order valence-corrected chi connectivity index (χ4v) is 2.67. The molecule has 0 fully saturated rings. The summed E-state index contributed by atoms with van der Waals surface area (Å²) in [6.07, 6.45) is 3.32. The Kier molecular flexibility index (Phi) is 5.61.